The van der Waals surface area contributed by atoms with Gasteiger partial charge in [-0.1, -0.05) is 20.8 Å². The van der Waals surface area contributed by atoms with Crippen LogP contribution in [0.4, 0.5) is 0 Å². The van der Waals surface area contributed by atoms with Gasteiger partial charge in [0.25, 0.3) is 0 Å². The molecule has 2 heterocycles. The fraction of sp³-hybridized carbons (Fsp3) is 0.867. The number of carbonyl (C=O) groups excluding carboxylic acids is 2. The van der Waals surface area contributed by atoms with Crippen LogP contribution in [0.3, 0.4) is 0 Å². The summed E-state index contributed by atoms with van der Waals surface area (Å²) in [6.45, 7) is 9.34. The van der Waals surface area contributed by atoms with Crippen LogP contribution >= 0.6 is 0 Å². The topological polar surface area (TPSA) is 58.6 Å². The van der Waals surface area contributed by atoms with Crippen molar-refractivity contribution in [3.8, 4) is 0 Å². The van der Waals surface area contributed by atoms with Crippen LogP contribution in [0.25, 0.3) is 0 Å². The molecule has 0 spiro atoms. The molecule has 2 saturated heterocycles. The molecule has 5 nitrogen and oxygen atoms in total. The molecule has 2 rings (SSSR count). The summed E-state index contributed by atoms with van der Waals surface area (Å²) in [5, 5.41) is 2.87. The molecular formula is C15H26N2O3. The van der Waals surface area contributed by atoms with E-state index in [1.807, 2.05) is 25.7 Å². The van der Waals surface area contributed by atoms with Gasteiger partial charge in [-0.2, -0.15) is 0 Å². The summed E-state index contributed by atoms with van der Waals surface area (Å²) < 4.78 is 5.43. The first-order valence-corrected chi connectivity index (χ1v) is 7.62. The molecule has 2 unspecified atom stereocenters. The van der Waals surface area contributed by atoms with Crippen LogP contribution < -0.4 is 5.32 Å². The number of amides is 2. The van der Waals surface area contributed by atoms with Gasteiger partial charge in [0.05, 0.1) is 0 Å². The average molecular weight is 282 g/mol. The van der Waals surface area contributed by atoms with Crippen molar-refractivity contribution in [2.24, 2.45) is 5.92 Å². The van der Waals surface area contributed by atoms with Crippen LogP contribution in [-0.4, -0.2) is 47.6 Å². The Morgan fingerprint density at radius 3 is 2.45 bits per heavy atom. The van der Waals surface area contributed by atoms with E-state index in [-0.39, 0.29) is 35.4 Å². The molecule has 1 N–H and O–H groups in total. The van der Waals surface area contributed by atoms with Gasteiger partial charge in [0.1, 0.15) is 12.1 Å². The fourth-order valence-corrected chi connectivity index (χ4v) is 3.27. The van der Waals surface area contributed by atoms with Gasteiger partial charge in [-0.05, 0) is 32.1 Å². The van der Waals surface area contributed by atoms with Crippen molar-refractivity contribution in [2.75, 3.05) is 13.2 Å². The number of nitrogens with zero attached hydrogens (tertiary/aromatic N) is 1. The van der Waals surface area contributed by atoms with Gasteiger partial charge in [-0.3, -0.25) is 9.59 Å². The minimum absolute atomic E-state index is 0.0147. The van der Waals surface area contributed by atoms with Crippen molar-refractivity contribution >= 4 is 11.8 Å². The van der Waals surface area contributed by atoms with Crippen LogP contribution in [0.5, 0.6) is 0 Å². The molecule has 2 aliphatic rings. The summed E-state index contributed by atoms with van der Waals surface area (Å²) in [4.78, 5) is 27.1. The molecule has 0 bridgehead atoms. The van der Waals surface area contributed by atoms with Gasteiger partial charge in [0, 0.05) is 18.8 Å². The first kappa shape index (κ1) is 15.3. The van der Waals surface area contributed by atoms with E-state index in [1.54, 1.807) is 0 Å². The maximum absolute atomic E-state index is 12.8. The highest BCUT2D eigenvalue weighted by Gasteiger charge is 2.49. The molecule has 2 aliphatic heterocycles. The minimum Gasteiger partial charge on any atom is -0.381 e. The summed E-state index contributed by atoms with van der Waals surface area (Å²) in [5.41, 5.74) is -0.268. The van der Waals surface area contributed by atoms with Crippen molar-refractivity contribution in [2.45, 2.75) is 64.6 Å². The number of carbonyl (C=O) groups is 2. The van der Waals surface area contributed by atoms with Gasteiger partial charge < -0.3 is 15.0 Å². The van der Waals surface area contributed by atoms with Crippen LogP contribution in [-0.2, 0) is 14.3 Å². The summed E-state index contributed by atoms with van der Waals surface area (Å²) in [7, 11) is 0. The molecule has 2 atom stereocenters. The maximum Gasteiger partial charge on any atom is 0.246 e. The van der Waals surface area contributed by atoms with Crippen molar-refractivity contribution < 1.29 is 14.3 Å². The SMILES string of the molecule is CCC1NC(=O)C(C(C)C)N(C2(C)CCOCC2)C1=O. The molecule has 20 heavy (non-hydrogen) atoms. The third kappa shape index (κ3) is 2.55. The number of hydrogen-bond donors (Lipinski definition) is 1. The maximum atomic E-state index is 12.8. The molecule has 5 heteroatoms. The molecular weight excluding hydrogens is 256 g/mol. The van der Waals surface area contributed by atoms with E-state index in [2.05, 4.69) is 12.2 Å². The normalized spacial score (nSPS) is 30.6. The number of piperazine rings is 1. The Hall–Kier alpha value is -1.10. The Labute approximate surface area is 121 Å². The third-order valence-corrected chi connectivity index (χ3v) is 4.59. The zero-order chi connectivity index (χ0) is 14.9. The first-order valence-electron chi connectivity index (χ1n) is 7.62. The van der Waals surface area contributed by atoms with Gasteiger partial charge in [0.15, 0.2) is 0 Å². The minimum atomic E-state index is -0.378. The predicted molar refractivity (Wildman–Crippen MR) is 76.2 cm³/mol. The highest BCUT2D eigenvalue weighted by Crippen LogP contribution is 2.34. The number of ether oxygens (including phenoxy) is 1. The van der Waals surface area contributed by atoms with Gasteiger partial charge in [-0.15, -0.1) is 0 Å². The van der Waals surface area contributed by atoms with Crippen LogP contribution in [0.2, 0.25) is 0 Å². The van der Waals surface area contributed by atoms with E-state index < -0.39 is 0 Å². The van der Waals surface area contributed by atoms with E-state index in [4.69, 9.17) is 4.74 Å². The van der Waals surface area contributed by atoms with Crippen molar-refractivity contribution in [3.63, 3.8) is 0 Å². The summed E-state index contributed by atoms with van der Waals surface area (Å²) in [6, 6.07) is -0.745. The standard InChI is InChI=1S/C15H26N2O3/c1-5-11-14(19)17(12(10(2)3)13(18)16-11)15(4)6-8-20-9-7-15/h10-12H,5-9H2,1-4H3,(H,16,18). The molecule has 0 saturated carbocycles. The highest BCUT2D eigenvalue weighted by molar-refractivity contribution is 5.97. The van der Waals surface area contributed by atoms with E-state index in [0.717, 1.165) is 12.8 Å². The van der Waals surface area contributed by atoms with E-state index >= 15 is 0 Å². The lowest BCUT2D eigenvalue weighted by Gasteiger charge is -2.51. The monoisotopic (exact) mass is 282 g/mol. The van der Waals surface area contributed by atoms with Crippen LogP contribution in [0.15, 0.2) is 0 Å². The zero-order valence-electron chi connectivity index (χ0n) is 12.9. The second kappa shape index (κ2) is 5.72. The largest absolute Gasteiger partial charge is 0.381 e. The van der Waals surface area contributed by atoms with E-state index in [9.17, 15) is 9.59 Å². The molecule has 2 fully saturated rings. The number of rotatable bonds is 3. The summed E-state index contributed by atoms with van der Waals surface area (Å²) >= 11 is 0. The molecule has 0 radical (unpaired) electrons. The lowest BCUT2D eigenvalue weighted by atomic mass is 9.84. The molecule has 114 valence electrons. The Morgan fingerprint density at radius 2 is 1.95 bits per heavy atom. The quantitative estimate of drug-likeness (QED) is 0.849. The van der Waals surface area contributed by atoms with Crippen molar-refractivity contribution in [1.82, 2.24) is 10.2 Å². The Balaban J connectivity index is 2.36. The number of hydrogen-bond acceptors (Lipinski definition) is 3. The molecule has 0 aromatic heterocycles. The predicted octanol–water partition coefficient (Wildman–Crippen LogP) is 1.32. The van der Waals surface area contributed by atoms with Crippen LogP contribution in [0, 0.1) is 5.92 Å². The Kier molecular flexibility index (Phi) is 4.37. The van der Waals surface area contributed by atoms with E-state index in [0.29, 0.717) is 19.6 Å². The highest BCUT2D eigenvalue weighted by atomic mass is 16.5. The zero-order valence-corrected chi connectivity index (χ0v) is 12.9. The number of nitrogens with one attached hydrogen (secondary N) is 1. The van der Waals surface area contributed by atoms with E-state index in [1.165, 1.54) is 0 Å². The summed E-state index contributed by atoms with van der Waals surface area (Å²) in [5.74, 6) is 0.158. The van der Waals surface area contributed by atoms with Gasteiger partial charge in [-0.25, -0.2) is 0 Å². The third-order valence-electron chi connectivity index (χ3n) is 4.59. The smallest absolute Gasteiger partial charge is 0.246 e. The molecule has 0 aromatic rings. The van der Waals surface area contributed by atoms with Gasteiger partial charge >= 0.3 is 0 Å². The fourth-order valence-electron chi connectivity index (χ4n) is 3.27. The van der Waals surface area contributed by atoms with Crippen molar-refractivity contribution in [3.05, 3.63) is 0 Å². The Bertz CT molecular complexity index is 389. The molecule has 0 aliphatic carbocycles. The van der Waals surface area contributed by atoms with Crippen LogP contribution in [0.1, 0.15) is 47.0 Å². The summed E-state index contributed by atoms with van der Waals surface area (Å²) in [6.07, 6.45) is 2.23. The first-order chi connectivity index (χ1) is 9.40. The second-order valence-electron chi connectivity index (χ2n) is 6.48. The Morgan fingerprint density at radius 1 is 1.35 bits per heavy atom. The second-order valence-corrected chi connectivity index (χ2v) is 6.48. The van der Waals surface area contributed by atoms with Crippen molar-refractivity contribution in [1.29, 1.82) is 0 Å². The molecule has 0 aromatic carbocycles. The average Bonchev–Trinajstić information content (AvgIpc) is 2.40. The lowest BCUT2D eigenvalue weighted by Crippen LogP contribution is -2.70. The lowest BCUT2D eigenvalue weighted by molar-refractivity contribution is -0.163. The molecule has 2 amide bonds. The van der Waals surface area contributed by atoms with Gasteiger partial charge in [0.2, 0.25) is 11.8 Å².